The van der Waals surface area contributed by atoms with Gasteiger partial charge in [-0.3, -0.25) is 34.8 Å². The van der Waals surface area contributed by atoms with E-state index in [0.29, 0.717) is 23.5 Å². The monoisotopic (exact) mass is 1430 g/mol. The highest BCUT2D eigenvalue weighted by atomic mass is 16.7. The predicted octanol–water partition coefficient (Wildman–Crippen LogP) is -8.57. The zero-order valence-electron chi connectivity index (χ0n) is 54.9. The van der Waals surface area contributed by atoms with Gasteiger partial charge in [0.05, 0.1) is 51.2 Å². The molecule has 102 heavy (non-hydrogen) atoms. The lowest BCUT2D eigenvalue weighted by Crippen LogP contribution is -2.69. The van der Waals surface area contributed by atoms with E-state index in [4.69, 9.17) is 49.7 Å². The van der Waals surface area contributed by atoms with Gasteiger partial charge in [-0.2, -0.15) is 0 Å². The first-order valence-electron chi connectivity index (χ1n) is 32.8. The third kappa shape index (κ3) is 18.6. The van der Waals surface area contributed by atoms with Crippen LogP contribution in [0.25, 0.3) is 0 Å². The highest BCUT2D eigenvalue weighted by Gasteiger charge is 2.55. The maximum Gasteiger partial charge on any atom is 0.246 e. The highest BCUT2D eigenvalue weighted by Crippen LogP contribution is 2.33. The molecular weight excluding hydrogens is 1350 g/mol. The number of rotatable bonds is 32. The zero-order chi connectivity index (χ0) is 73.6. The Morgan fingerprint density at radius 3 is 1.80 bits per heavy atom. The van der Waals surface area contributed by atoms with E-state index >= 15 is 0 Å². The molecule has 5 aliphatic heterocycles. The molecule has 4 aromatic carbocycles. The molecule has 5 saturated heterocycles. The van der Waals surface area contributed by atoms with Gasteiger partial charge in [0.25, 0.3) is 0 Å². The van der Waals surface area contributed by atoms with Gasteiger partial charge < -0.3 is 147 Å². The number of aliphatic hydroxyl groups is 13. The van der Waals surface area contributed by atoms with E-state index in [1.54, 1.807) is 61.5 Å². The first-order chi connectivity index (χ1) is 48.9. The molecule has 9 rings (SSSR count). The second-order valence-corrected chi connectivity index (χ2v) is 25.2. The third-order valence-electron chi connectivity index (χ3n) is 18.3. The molecule has 0 aliphatic carbocycles. The van der Waals surface area contributed by atoms with Crippen LogP contribution in [0.2, 0.25) is 0 Å². The molecule has 36 heteroatoms. The zero-order valence-corrected chi connectivity index (χ0v) is 54.9. The Balaban J connectivity index is 0.899. The van der Waals surface area contributed by atoms with Crippen molar-refractivity contribution in [2.24, 2.45) is 5.73 Å². The lowest BCUT2D eigenvalue weighted by atomic mass is 9.93. The number of hydrogen-bond donors (Lipinski definition) is 23. The molecule has 0 spiro atoms. The van der Waals surface area contributed by atoms with E-state index in [9.17, 15) is 90.4 Å². The minimum Gasteiger partial charge on any atom is -0.489 e. The topological polar surface area (TPSA) is 574 Å². The number of hydrogen-bond acceptors (Lipinski definition) is 28. The molecule has 0 bridgehead atoms. The van der Waals surface area contributed by atoms with Crippen LogP contribution in [-0.4, -0.2) is 299 Å². The van der Waals surface area contributed by atoms with Crippen LogP contribution < -0.4 is 52.4 Å². The Morgan fingerprint density at radius 1 is 0.608 bits per heavy atom. The molecule has 557 valence electrons. The average molecular weight is 1440 g/mol. The third-order valence-corrected chi connectivity index (χ3v) is 18.3. The van der Waals surface area contributed by atoms with Crippen molar-refractivity contribution in [3.05, 3.63) is 131 Å². The lowest BCUT2D eigenvalue weighted by molar-refractivity contribution is -0.355. The number of carbonyl (C=O) groups excluding carboxylic acids is 5. The molecule has 4 aromatic rings. The number of aliphatic hydroxyl groups excluding tert-OH is 13. The van der Waals surface area contributed by atoms with Crippen LogP contribution in [0.5, 0.6) is 11.5 Å². The fourth-order valence-corrected chi connectivity index (χ4v) is 12.3. The van der Waals surface area contributed by atoms with E-state index in [1.807, 2.05) is 30.3 Å². The molecule has 25 atom stereocenters. The maximum absolute atomic E-state index is 15.0. The summed E-state index contributed by atoms with van der Waals surface area (Å²) in [7, 11) is 0. The van der Waals surface area contributed by atoms with Crippen molar-refractivity contribution in [3.63, 3.8) is 0 Å². The van der Waals surface area contributed by atoms with Gasteiger partial charge in [-0.15, -0.1) is 0 Å². The van der Waals surface area contributed by atoms with E-state index in [1.165, 1.54) is 30.6 Å². The number of nitrogens with one attached hydrogen (secondary N) is 9. The van der Waals surface area contributed by atoms with Crippen LogP contribution in [-0.2, 0) is 67.3 Å². The highest BCUT2D eigenvalue weighted by molar-refractivity contribution is 5.96. The van der Waals surface area contributed by atoms with Gasteiger partial charge in [-0.25, -0.2) is 0 Å². The Labute approximate surface area is 583 Å². The van der Waals surface area contributed by atoms with E-state index in [0.717, 1.165) is 10.5 Å². The molecule has 5 aliphatic rings. The van der Waals surface area contributed by atoms with Crippen LogP contribution in [0.3, 0.4) is 0 Å². The maximum atomic E-state index is 15.0. The molecule has 0 saturated carbocycles. The number of ether oxygens (including phenoxy) is 7. The van der Waals surface area contributed by atoms with E-state index in [2.05, 4.69) is 37.2 Å². The number of guanidine groups is 2. The summed E-state index contributed by atoms with van der Waals surface area (Å²) < 4.78 is 41.0. The van der Waals surface area contributed by atoms with Gasteiger partial charge in [0.15, 0.2) is 24.4 Å². The van der Waals surface area contributed by atoms with Crippen molar-refractivity contribution in [2.45, 2.75) is 179 Å². The normalized spacial score (nSPS) is 30.3. The Kier molecular flexibility index (Phi) is 27.4. The summed E-state index contributed by atoms with van der Waals surface area (Å²) in [5, 5.41) is 177. The van der Waals surface area contributed by atoms with Crippen LogP contribution in [0.15, 0.2) is 109 Å². The second kappa shape index (κ2) is 35.8. The van der Waals surface area contributed by atoms with Crippen LogP contribution >= 0.6 is 0 Å². The van der Waals surface area contributed by atoms with Gasteiger partial charge in [0, 0.05) is 25.4 Å². The fourth-order valence-electron chi connectivity index (χ4n) is 12.3. The van der Waals surface area contributed by atoms with E-state index < -0.39 is 221 Å². The molecule has 4 amide bonds. The van der Waals surface area contributed by atoms with Crippen molar-refractivity contribution >= 4 is 41.8 Å². The summed E-state index contributed by atoms with van der Waals surface area (Å²) in [5.41, 5.74) is 9.05. The summed E-state index contributed by atoms with van der Waals surface area (Å²) in [4.78, 5) is 71.0. The molecule has 24 N–H and O–H groups in total. The van der Waals surface area contributed by atoms with Crippen molar-refractivity contribution in [3.8, 4) is 11.5 Å². The summed E-state index contributed by atoms with van der Waals surface area (Å²) in [6.45, 7) is -2.33. The predicted molar refractivity (Wildman–Crippen MR) is 350 cm³/mol. The van der Waals surface area contributed by atoms with Crippen LogP contribution in [0.1, 0.15) is 35.1 Å². The molecule has 5 heterocycles. The number of benzene rings is 4. The summed E-state index contributed by atoms with van der Waals surface area (Å²) in [5.74, 6) is -5.96. The smallest absolute Gasteiger partial charge is 0.246 e. The fraction of sp³-hybridized carbons (Fsp3) is 0.530. The number of carbonyl (C=O) groups is 4. The SMILES string of the molecule is CC(c1ccccc1)[C@H](N)C(=O)N[C@@H](Cc1ccc(OC2OC(CO)C(OC3OC(CO)C(OCc4ccc(OCc5ccccc5)cc4)C(O)C3O)C(O)C2O)cc1)C(=O)N[C@H](C(=O)N[C@H](C(=O)N[C@H]([C]=O)CO)C(O)C1CNC(=N)N1C1OC(CO)C(O)C(O)C1O)C(O)C1CNC(=N)N1. The number of nitrogens with zero attached hydrogens (tertiary/aromatic N) is 1. The molecule has 5 fully saturated rings. The van der Waals surface area contributed by atoms with Gasteiger partial charge in [0.1, 0.15) is 128 Å². The summed E-state index contributed by atoms with van der Waals surface area (Å²) in [6.07, 6.45) is -29.4. The van der Waals surface area contributed by atoms with Crippen molar-refractivity contribution < 1.29 is 124 Å². The van der Waals surface area contributed by atoms with Crippen molar-refractivity contribution in [1.82, 2.24) is 42.1 Å². The Hall–Kier alpha value is -8.19. The average Bonchev–Trinajstić information content (AvgIpc) is 1.31. The molecular formula is C66H88N11O25. The van der Waals surface area contributed by atoms with Crippen LogP contribution in [0.4, 0.5) is 0 Å². The van der Waals surface area contributed by atoms with Gasteiger partial charge >= 0.3 is 0 Å². The Morgan fingerprint density at radius 2 is 1.18 bits per heavy atom. The minimum atomic E-state index is -2.30. The minimum absolute atomic E-state index is 0.0464. The van der Waals surface area contributed by atoms with Crippen molar-refractivity contribution in [2.75, 3.05) is 39.5 Å². The quantitative estimate of drug-likeness (QED) is 0.0216. The molecule has 1 radical (unpaired) electrons. The summed E-state index contributed by atoms with van der Waals surface area (Å²) in [6, 6.07) is 18.4. The Bertz CT molecular complexity index is 3410. The first-order valence-corrected chi connectivity index (χ1v) is 32.8. The largest absolute Gasteiger partial charge is 0.489 e. The van der Waals surface area contributed by atoms with Crippen LogP contribution in [0, 0.1) is 10.8 Å². The van der Waals surface area contributed by atoms with E-state index in [-0.39, 0.29) is 30.4 Å². The molecule has 0 aromatic heterocycles. The standard InChI is InChI=1S/C66H88N11O25/c1-30(34-10-6-3-7-11-34)44(67)59(93)73-38(58(92)75-45(47(83)39-21-70-65(68)74-39)61(95)76-46(60(94)72-35(23-78)24-79)48(84)40-22-71-66(69)77(40)62-53(89)50(86)49(85)41(25-80)99-62)20-31-12-18-37(19-13-31)98-63-55(91)52(88)57(43(27-82)101-63)102-64-54(90)51(87)56(42(26-81)100-64)97-29-33-14-16-36(17-15-33)96-28-32-8-4-2-5-9-32/h2-19,30,35,38-57,62-64,78,80-91H,20-23,25-29,67H2,1H3,(H2,69,71)(H,72,94)(H,73,93)(H,75,92)(H,76,95)(H3,68,70,74)/t30?,35-,38-,39?,40?,41?,42?,43?,44-,45-,46-,47?,48?,49?,50?,51?,52?,53?,54?,55?,56?,57?,62?,63?,64?/m0/s1. The van der Waals surface area contributed by atoms with Gasteiger partial charge in [-0.05, 0) is 46.5 Å². The summed E-state index contributed by atoms with van der Waals surface area (Å²) >= 11 is 0. The second-order valence-electron chi connectivity index (χ2n) is 25.2. The van der Waals surface area contributed by atoms with Gasteiger partial charge in [-0.1, -0.05) is 91.9 Å². The van der Waals surface area contributed by atoms with Crippen molar-refractivity contribution in [1.29, 1.82) is 10.8 Å². The lowest BCUT2D eigenvalue weighted by Gasteiger charge is -2.46. The number of amides is 4. The molecule has 36 nitrogen and oxygen atoms in total. The number of nitrogens with two attached hydrogens (primary N) is 1. The molecule has 20 unspecified atom stereocenters. The first kappa shape index (κ1) is 78.0. The van der Waals surface area contributed by atoms with Gasteiger partial charge in [0.2, 0.25) is 36.2 Å².